The topological polar surface area (TPSA) is 61.3 Å². The number of hydrogen-bond donors (Lipinski definition) is 0. The Morgan fingerprint density at radius 3 is 2.71 bits per heavy atom. The molecule has 0 fully saturated rings. The molecule has 2 rings (SSSR count). The van der Waals surface area contributed by atoms with Crippen molar-refractivity contribution in [1.29, 1.82) is 0 Å². The molecule has 0 saturated carbocycles. The standard InChI is InChI=1S/C14H13ClN2O3S/c1-19-12-7-16-13(14(17-12)20-2)10(18)8-21-11-6-4-3-5-9(11)15/h3-7H,8H2,1-2H3. The molecule has 0 N–H and O–H groups in total. The van der Waals surface area contributed by atoms with Crippen molar-refractivity contribution in [2.75, 3.05) is 20.0 Å². The molecule has 0 bridgehead atoms. The van der Waals surface area contributed by atoms with Crippen LogP contribution < -0.4 is 9.47 Å². The van der Waals surface area contributed by atoms with E-state index >= 15 is 0 Å². The number of carbonyl (C=O) groups is 1. The van der Waals surface area contributed by atoms with Crippen LogP contribution in [0.2, 0.25) is 5.02 Å². The fourth-order valence-corrected chi connectivity index (χ4v) is 2.67. The molecule has 0 aliphatic rings. The first-order valence-corrected chi connectivity index (χ1v) is 7.37. The van der Waals surface area contributed by atoms with E-state index in [9.17, 15) is 4.79 Å². The lowest BCUT2D eigenvalue weighted by molar-refractivity contribution is 0.101. The quantitative estimate of drug-likeness (QED) is 0.601. The molecule has 1 aromatic carbocycles. The number of methoxy groups -OCH3 is 2. The highest BCUT2D eigenvalue weighted by Crippen LogP contribution is 2.28. The highest BCUT2D eigenvalue weighted by atomic mass is 35.5. The van der Waals surface area contributed by atoms with E-state index in [0.29, 0.717) is 10.9 Å². The molecule has 2 aromatic rings. The molecule has 0 amide bonds. The third-order valence-corrected chi connectivity index (χ3v) is 4.10. The van der Waals surface area contributed by atoms with E-state index in [1.807, 2.05) is 18.2 Å². The zero-order valence-corrected chi connectivity index (χ0v) is 13.1. The van der Waals surface area contributed by atoms with E-state index in [1.54, 1.807) is 6.07 Å². The summed E-state index contributed by atoms with van der Waals surface area (Å²) >= 11 is 7.39. The molecule has 0 unspecified atom stereocenters. The van der Waals surface area contributed by atoms with Gasteiger partial charge in [0.25, 0.3) is 0 Å². The first-order valence-electron chi connectivity index (χ1n) is 6.01. The van der Waals surface area contributed by atoms with E-state index in [0.717, 1.165) is 4.90 Å². The maximum absolute atomic E-state index is 12.2. The van der Waals surface area contributed by atoms with Crippen molar-refractivity contribution in [2.24, 2.45) is 0 Å². The van der Waals surface area contributed by atoms with Gasteiger partial charge in [0.05, 0.1) is 31.2 Å². The molecule has 1 aromatic heterocycles. The van der Waals surface area contributed by atoms with Crippen molar-refractivity contribution in [3.63, 3.8) is 0 Å². The van der Waals surface area contributed by atoms with Gasteiger partial charge in [-0.05, 0) is 12.1 Å². The Morgan fingerprint density at radius 2 is 2.05 bits per heavy atom. The number of halogens is 1. The van der Waals surface area contributed by atoms with Crippen LogP contribution in [0.4, 0.5) is 0 Å². The van der Waals surface area contributed by atoms with Crippen LogP contribution in [-0.4, -0.2) is 35.7 Å². The van der Waals surface area contributed by atoms with E-state index in [-0.39, 0.29) is 23.1 Å². The van der Waals surface area contributed by atoms with Crippen LogP contribution in [0.15, 0.2) is 35.4 Å². The van der Waals surface area contributed by atoms with Crippen LogP contribution in [0.5, 0.6) is 11.8 Å². The van der Waals surface area contributed by atoms with Crippen LogP contribution >= 0.6 is 23.4 Å². The summed E-state index contributed by atoms with van der Waals surface area (Å²) in [5.74, 6) is 0.453. The summed E-state index contributed by atoms with van der Waals surface area (Å²) in [4.78, 5) is 21.1. The van der Waals surface area contributed by atoms with Crippen LogP contribution in [0.3, 0.4) is 0 Å². The second-order valence-corrected chi connectivity index (χ2v) is 5.34. The van der Waals surface area contributed by atoms with Gasteiger partial charge in [0.2, 0.25) is 11.8 Å². The number of Topliss-reactive ketones (excluding diaryl/α,β-unsaturated/α-hetero) is 1. The molecule has 21 heavy (non-hydrogen) atoms. The Bertz CT molecular complexity index is 652. The molecule has 0 spiro atoms. The maximum atomic E-state index is 12.2. The van der Waals surface area contributed by atoms with Gasteiger partial charge < -0.3 is 9.47 Å². The molecule has 0 aliphatic carbocycles. The van der Waals surface area contributed by atoms with Crippen LogP contribution in [0.1, 0.15) is 10.5 Å². The number of nitrogens with zero attached hydrogens (tertiary/aromatic N) is 2. The summed E-state index contributed by atoms with van der Waals surface area (Å²) in [7, 11) is 2.90. The zero-order chi connectivity index (χ0) is 15.2. The molecular formula is C14H13ClN2O3S. The van der Waals surface area contributed by atoms with Crippen molar-refractivity contribution >= 4 is 29.1 Å². The van der Waals surface area contributed by atoms with Gasteiger partial charge in [0, 0.05) is 4.90 Å². The van der Waals surface area contributed by atoms with Crippen molar-refractivity contribution in [2.45, 2.75) is 4.90 Å². The molecule has 0 atom stereocenters. The van der Waals surface area contributed by atoms with Crippen molar-refractivity contribution in [1.82, 2.24) is 9.97 Å². The summed E-state index contributed by atoms with van der Waals surface area (Å²) < 4.78 is 10.0. The first kappa shape index (κ1) is 15.6. The minimum Gasteiger partial charge on any atom is -0.480 e. The van der Waals surface area contributed by atoms with Crippen molar-refractivity contribution in [3.8, 4) is 11.8 Å². The molecule has 5 nitrogen and oxygen atoms in total. The number of benzene rings is 1. The van der Waals surface area contributed by atoms with Gasteiger partial charge in [-0.15, -0.1) is 11.8 Å². The van der Waals surface area contributed by atoms with Gasteiger partial charge in [0.1, 0.15) is 0 Å². The number of carbonyl (C=O) groups excluding carboxylic acids is 1. The third kappa shape index (κ3) is 3.86. The lowest BCUT2D eigenvalue weighted by atomic mass is 10.3. The number of ketones is 1. The fraction of sp³-hybridized carbons (Fsp3) is 0.214. The van der Waals surface area contributed by atoms with Gasteiger partial charge in [-0.1, -0.05) is 23.7 Å². The molecule has 0 radical (unpaired) electrons. The molecular weight excluding hydrogens is 312 g/mol. The number of ether oxygens (including phenoxy) is 2. The highest BCUT2D eigenvalue weighted by molar-refractivity contribution is 8.00. The summed E-state index contributed by atoms with van der Waals surface area (Å²) in [6, 6.07) is 7.35. The highest BCUT2D eigenvalue weighted by Gasteiger charge is 2.17. The summed E-state index contributed by atoms with van der Waals surface area (Å²) in [5, 5.41) is 0.614. The molecule has 110 valence electrons. The van der Waals surface area contributed by atoms with Crippen LogP contribution in [0.25, 0.3) is 0 Å². The lowest BCUT2D eigenvalue weighted by Gasteiger charge is -2.07. The van der Waals surface area contributed by atoms with Gasteiger partial charge in [0.15, 0.2) is 11.5 Å². The average molecular weight is 325 g/mol. The Labute approximate surface area is 131 Å². The van der Waals surface area contributed by atoms with E-state index in [4.69, 9.17) is 21.1 Å². The molecule has 0 aliphatic heterocycles. The molecule has 0 saturated heterocycles. The largest absolute Gasteiger partial charge is 0.480 e. The van der Waals surface area contributed by atoms with Crippen LogP contribution in [-0.2, 0) is 0 Å². The SMILES string of the molecule is COc1cnc(C(=O)CSc2ccccc2Cl)c(OC)n1. The number of thioether (sulfide) groups is 1. The smallest absolute Gasteiger partial charge is 0.246 e. The second-order valence-electron chi connectivity index (χ2n) is 3.91. The second kappa shape index (κ2) is 7.28. The predicted molar refractivity (Wildman–Crippen MR) is 81.6 cm³/mol. The number of rotatable bonds is 6. The average Bonchev–Trinajstić information content (AvgIpc) is 2.53. The Hall–Kier alpha value is -1.79. The zero-order valence-electron chi connectivity index (χ0n) is 11.5. The van der Waals surface area contributed by atoms with Crippen molar-refractivity contribution in [3.05, 3.63) is 41.2 Å². The Kier molecular flexibility index (Phi) is 5.41. The predicted octanol–water partition coefficient (Wildman–Crippen LogP) is 3.12. The fourth-order valence-electron chi connectivity index (χ4n) is 1.56. The lowest BCUT2D eigenvalue weighted by Crippen LogP contribution is -2.09. The Morgan fingerprint density at radius 1 is 1.29 bits per heavy atom. The number of hydrogen-bond acceptors (Lipinski definition) is 6. The summed E-state index contributed by atoms with van der Waals surface area (Å²) in [6.45, 7) is 0. The van der Waals surface area contributed by atoms with Gasteiger partial charge >= 0.3 is 0 Å². The number of aromatic nitrogens is 2. The summed E-state index contributed by atoms with van der Waals surface area (Å²) in [6.07, 6.45) is 1.38. The van der Waals surface area contributed by atoms with Gasteiger partial charge in [-0.3, -0.25) is 4.79 Å². The maximum Gasteiger partial charge on any atom is 0.246 e. The van der Waals surface area contributed by atoms with Crippen LogP contribution in [0, 0.1) is 0 Å². The Balaban J connectivity index is 2.12. The van der Waals surface area contributed by atoms with E-state index in [2.05, 4.69) is 9.97 Å². The van der Waals surface area contributed by atoms with E-state index < -0.39 is 0 Å². The summed E-state index contributed by atoms with van der Waals surface area (Å²) in [5.41, 5.74) is 0.179. The minimum absolute atomic E-state index is 0.152. The van der Waals surface area contributed by atoms with Crippen molar-refractivity contribution < 1.29 is 14.3 Å². The first-order chi connectivity index (χ1) is 10.2. The normalized spacial score (nSPS) is 10.2. The molecule has 7 heteroatoms. The van der Waals surface area contributed by atoms with E-state index in [1.165, 1.54) is 32.2 Å². The third-order valence-electron chi connectivity index (χ3n) is 2.58. The molecule has 1 heterocycles. The van der Waals surface area contributed by atoms with Gasteiger partial charge in [-0.25, -0.2) is 4.98 Å². The monoisotopic (exact) mass is 324 g/mol. The minimum atomic E-state index is -0.188. The van der Waals surface area contributed by atoms with Gasteiger partial charge in [-0.2, -0.15) is 4.98 Å².